The number of piperidine rings is 1. The standard InChI is InChI=1S/C10H13N3/c11-10-7-5-13(6-8(7)10)9-3-1-2-4-12-9/h1-4,7-8,10H,5-6,11H2/t7-,8-/m1/s1. The first-order valence-corrected chi connectivity index (χ1v) is 4.78. The second-order valence-corrected chi connectivity index (χ2v) is 4.00. The number of nitrogens with zero attached hydrogens (tertiary/aromatic N) is 2. The van der Waals surface area contributed by atoms with Crippen molar-refractivity contribution in [3.8, 4) is 0 Å². The number of rotatable bonds is 1. The summed E-state index contributed by atoms with van der Waals surface area (Å²) in [6, 6.07) is 6.52. The van der Waals surface area contributed by atoms with Crippen LogP contribution in [0.25, 0.3) is 0 Å². The summed E-state index contributed by atoms with van der Waals surface area (Å²) >= 11 is 0. The van der Waals surface area contributed by atoms with Crippen LogP contribution in [0.1, 0.15) is 0 Å². The van der Waals surface area contributed by atoms with Gasteiger partial charge in [-0.25, -0.2) is 4.98 Å². The minimum atomic E-state index is 0.472. The monoisotopic (exact) mass is 175 g/mol. The summed E-state index contributed by atoms with van der Waals surface area (Å²) in [6.07, 6.45) is 1.85. The zero-order valence-corrected chi connectivity index (χ0v) is 7.43. The molecular formula is C10H13N3. The van der Waals surface area contributed by atoms with Crippen molar-refractivity contribution in [3.05, 3.63) is 24.4 Å². The molecule has 2 aliphatic rings. The lowest BCUT2D eigenvalue weighted by atomic mass is 10.3. The van der Waals surface area contributed by atoms with Crippen LogP contribution in [0.2, 0.25) is 0 Å². The fourth-order valence-electron chi connectivity index (χ4n) is 2.30. The van der Waals surface area contributed by atoms with Crippen LogP contribution in [-0.2, 0) is 0 Å². The molecule has 0 radical (unpaired) electrons. The van der Waals surface area contributed by atoms with Gasteiger partial charge in [-0.05, 0) is 24.0 Å². The van der Waals surface area contributed by atoms with Crippen LogP contribution >= 0.6 is 0 Å². The van der Waals surface area contributed by atoms with Crippen molar-refractivity contribution < 1.29 is 0 Å². The minimum absolute atomic E-state index is 0.472. The highest BCUT2D eigenvalue weighted by atomic mass is 15.2. The Hall–Kier alpha value is -1.09. The molecule has 0 spiro atoms. The Kier molecular flexibility index (Phi) is 1.38. The van der Waals surface area contributed by atoms with Crippen LogP contribution in [0.3, 0.4) is 0 Å². The second kappa shape index (κ2) is 2.45. The van der Waals surface area contributed by atoms with E-state index in [1.165, 1.54) is 0 Å². The summed E-state index contributed by atoms with van der Waals surface area (Å²) in [5.41, 5.74) is 5.86. The maximum atomic E-state index is 5.86. The Morgan fingerprint density at radius 1 is 1.31 bits per heavy atom. The summed E-state index contributed by atoms with van der Waals surface area (Å²) in [5.74, 6) is 2.57. The van der Waals surface area contributed by atoms with Gasteiger partial charge in [-0.15, -0.1) is 0 Å². The molecule has 1 aliphatic carbocycles. The van der Waals surface area contributed by atoms with Gasteiger partial charge in [0, 0.05) is 25.3 Å². The zero-order valence-electron chi connectivity index (χ0n) is 7.43. The van der Waals surface area contributed by atoms with E-state index in [-0.39, 0.29) is 0 Å². The van der Waals surface area contributed by atoms with E-state index in [1.807, 2.05) is 18.3 Å². The number of hydrogen-bond acceptors (Lipinski definition) is 3. The first-order valence-electron chi connectivity index (χ1n) is 4.78. The highest BCUT2D eigenvalue weighted by Gasteiger charge is 2.53. The lowest BCUT2D eigenvalue weighted by Gasteiger charge is -2.19. The molecule has 0 aromatic carbocycles. The van der Waals surface area contributed by atoms with E-state index in [0.29, 0.717) is 6.04 Å². The van der Waals surface area contributed by atoms with Gasteiger partial charge >= 0.3 is 0 Å². The third kappa shape index (κ3) is 1.04. The van der Waals surface area contributed by atoms with Crippen molar-refractivity contribution in [2.24, 2.45) is 17.6 Å². The van der Waals surface area contributed by atoms with E-state index in [1.54, 1.807) is 0 Å². The molecule has 0 bridgehead atoms. The Balaban J connectivity index is 1.76. The fourth-order valence-corrected chi connectivity index (χ4v) is 2.30. The summed E-state index contributed by atoms with van der Waals surface area (Å²) in [7, 11) is 0. The summed E-state index contributed by atoms with van der Waals surface area (Å²) in [5, 5.41) is 0. The van der Waals surface area contributed by atoms with E-state index in [2.05, 4.69) is 16.0 Å². The zero-order chi connectivity index (χ0) is 8.84. The number of nitrogens with two attached hydrogens (primary N) is 1. The molecular weight excluding hydrogens is 162 g/mol. The van der Waals surface area contributed by atoms with Crippen molar-refractivity contribution in [2.45, 2.75) is 6.04 Å². The van der Waals surface area contributed by atoms with E-state index in [0.717, 1.165) is 30.7 Å². The quantitative estimate of drug-likeness (QED) is 0.675. The van der Waals surface area contributed by atoms with Gasteiger partial charge in [-0.2, -0.15) is 0 Å². The van der Waals surface area contributed by atoms with Crippen molar-refractivity contribution >= 4 is 5.82 Å². The minimum Gasteiger partial charge on any atom is -0.356 e. The second-order valence-electron chi connectivity index (χ2n) is 4.00. The van der Waals surface area contributed by atoms with Gasteiger partial charge in [-0.3, -0.25) is 0 Å². The van der Waals surface area contributed by atoms with Crippen LogP contribution in [-0.4, -0.2) is 24.1 Å². The van der Waals surface area contributed by atoms with Crippen LogP contribution in [0.5, 0.6) is 0 Å². The van der Waals surface area contributed by atoms with Gasteiger partial charge < -0.3 is 10.6 Å². The van der Waals surface area contributed by atoms with Crippen LogP contribution in [0, 0.1) is 11.8 Å². The van der Waals surface area contributed by atoms with Gasteiger partial charge in [0.15, 0.2) is 0 Å². The fraction of sp³-hybridized carbons (Fsp3) is 0.500. The lowest BCUT2D eigenvalue weighted by Crippen LogP contribution is -2.28. The molecule has 2 N–H and O–H groups in total. The number of hydrogen-bond donors (Lipinski definition) is 1. The average molecular weight is 175 g/mol. The maximum absolute atomic E-state index is 5.86. The molecule has 3 heteroatoms. The molecule has 2 heterocycles. The molecule has 0 unspecified atom stereocenters. The SMILES string of the molecule is NC1[C@@H]2CN(c3ccccn3)C[C@@H]12. The molecule has 1 saturated carbocycles. The molecule has 13 heavy (non-hydrogen) atoms. The van der Waals surface area contributed by atoms with E-state index < -0.39 is 0 Å². The van der Waals surface area contributed by atoms with Gasteiger partial charge in [0.1, 0.15) is 5.82 Å². The van der Waals surface area contributed by atoms with Crippen molar-refractivity contribution in [1.82, 2.24) is 4.98 Å². The highest BCUT2D eigenvalue weighted by molar-refractivity contribution is 5.42. The van der Waals surface area contributed by atoms with Crippen LogP contribution < -0.4 is 10.6 Å². The Bertz CT molecular complexity index is 299. The summed E-state index contributed by atoms with van der Waals surface area (Å²) in [6.45, 7) is 2.20. The number of fused-ring (bicyclic) bond motifs is 1. The first-order chi connectivity index (χ1) is 6.36. The molecule has 3 nitrogen and oxygen atoms in total. The van der Waals surface area contributed by atoms with Gasteiger partial charge in [0.2, 0.25) is 0 Å². The van der Waals surface area contributed by atoms with Gasteiger partial charge in [-0.1, -0.05) is 6.07 Å². The third-order valence-electron chi connectivity index (χ3n) is 3.23. The summed E-state index contributed by atoms with van der Waals surface area (Å²) in [4.78, 5) is 6.66. The molecule has 1 aromatic rings. The molecule has 2 atom stereocenters. The Morgan fingerprint density at radius 2 is 2.08 bits per heavy atom. The Labute approximate surface area is 77.6 Å². The third-order valence-corrected chi connectivity index (χ3v) is 3.23. The predicted molar refractivity (Wildman–Crippen MR) is 51.4 cm³/mol. The van der Waals surface area contributed by atoms with E-state index in [4.69, 9.17) is 5.73 Å². The molecule has 1 saturated heterocycles. The summed E-state index contributed by atoms with van der Waals surface area (Å²) < 4.78 is 0. The molecule has 3 rings (SSSR count). The first kappa shape index (κ1) is 7.33. The number of aromatic nitrogens is 1. The van der Waals surface area contributed by atoms with E-state index >= 15 is 0 Å². The Morgan fingerprint density at radius 3 is 2.69 bits per heavy atom. The van der Waals surface area contributed by atoms with Gasteiger partial charge in [0.05, 0.1) is 0 Å². The highest BCUT2D eigenvalue weighted by Crippen LogP contribution is 2.44. The molecule has 1 aliphatic heterocycles. The van der Waals surface area contributed by atoms with Crippen molar-refractivity contribution in [1.29, 1.82) is 0 Å². The average Bonchev–Trinajstić information content (AvgIpc) is 2.67. The largest absolute Gasteiger partial charge is 0.356 e. The molecule has 0 amide bonds. The van der Waals surface area contributed by atoms with Crippen LogP contribution in [0.4, 0.5) is 5.82 Å². The molecule has 68 valence electrons. The molecule has 2 fully saturated rings. The van der Waals surface area contributed by atoms with Crippen molar-refractivity contribution in [2.75, 3.05) is 18.0 Å². The van der Waals surface area contributed by atoms with Crippen LogP contribution in [0.15, 0.2) is 24.4 Å². The van der Waals surface area contributed by atoms with E-state index in [9.17, 15) is 0 Å². The maximum Gasteiger partial charge on any atom is 0.128 e. The predicted octanol–water partition coefficient (Wildman–Crippen LogP) is 0.475. The number of pyridine rings is 1. The van der Waals surface area contributed by atoms with Gasteiger partial charge in [0.25, 0.3) is 0 Å². The smallest absolute Gasteiger partial charge is 0.128 e. The lowest BCUT2D eigenvalue weighted by molar-refractivity contribution is 0.735. The normalized spacial score (nSPS) is 36.1. The topological polar surface area (TPSA) is 42.1 Å². The number of anilines is 1. The van der Waals surface area contributed by atoms with Crippen molar-refractivity contribution in [3.63, 3.8) is 0 Å². The molecule has 1 aromatic heterocycles.